The Hall–Kier alpha value is -3.99. The van der Waals surface area contributed by atoms with Gasteiger partial charge in [-0.1, -0.05) is 35.9 Å². The molecule has 0 N–H and O–H groups in total. The maximum absolute atomic E-state index is 13.3. The lowest BCUT2D eigenvalue weighted by Crippen LogP contribution is -2.17. The molecular formula is C28H23NO4. The lowest BCUT2D eigenvalue weighted by molar-refractivity contribution is 0.0475. The van der Waals surface area contributed by atoms with E-state index in [0.717, 1.165) is 51.0 Å². The van der Waals surface area contributed by atoms with Crippen LogP contribution in [0.25, 0.3) is 22.6 Å². The van der Waals surface area contributed by atoms with Gasteiger partial charge in [0.25, 0.3) is 0 Å². The molecule has 0 saturated carbocycles. The summed E-state index contributed by atoms with van der Waals surface area (Å²) < 4.78 is 11.0. The fourth-order valence-electron chi connectivity index (χ4n) is 4.37. The molecule has 0 bridgehead atoms. The van der Waals surface area contributed by atoms with Gasteiger partial charge in [-0.25, -0.2) is 9.78 Å². The topological polar surface area (TPSA) is 69.4 Å². The Morgan fingerprint density at radius 3 is 2.73 bits per heavy atom. The second kappa shape index (κ2) is 8.51. The van der Waals surface area contributed by atoms with Gasteiger partial charge < -0.3 is 9.15 Å². The van der Waals surface area contributed by atoms with E-state index in [1.54, 1.807) is 6.26 Å². The number of carbonyl (C=O) groups excluding carboxylic acids is 2. The van der Waals surface area contributed by atoms with Gasteiger partial charge in [-0.3, -0.25) is 4.79 Å². The molecule has 0 spiro atoms. The molecule has 5 nitrogen and oxygen atoms in total. The van der Waals surface area contributed by atoms with Crippen LogP contribution in [0.3, 0.4) is 0 Å². The lowest BCUT2D eigenvalue weighted by Gasteiger charge is -2.13. The Morgan fingerprint density at radius 1 is 1.06 bits per heavy atom. The van der Waals surface area contributed by atoms with Crippen molar-refractivity contribution in [3.63, 3.8) is 0 Å². The predicted molar refractivity (Wildman–Crippen MR) is 127 cm³/mol. The molecule has 4 aromatic rings. The molecule has 0 radical (unpaired) electrons. The van der Waals surface area contributed by atoms with Crippen LogP contribution in [-0.2, 0) is 11.2 Å². The van der Waals surface area contributed by atoms with Crippen molar-refractivity contribution in [1.29, 1.82) is 0 Å². The van der Waals surface area contributed by atoms with Crippen LogP contribution < -0.4 is 0 Å². The average Bonchev–Trinajstić information content (AvgIpc) is 3.48. The van der Waals surface area contributed by atoms with Crippen molar-refractivity contribution in [2.75, 3.05) is 6.61 Å². The van der Waals surface area contributed by atoms with E-state index < -0.39 is 5.97 Å². The maximum atomic E-state index is 13.3. The molecule has 5 rings (SSSR count). The summed E-state index contributed by atoms with van der Waals surface area (Å²) in [6.07, 6.45) is 5.02. The summed E-state index contributed by atoms with van der Waals surface area (Å²) in [6.45, 7) is 3.51. The van der Waals surface area contributed by atoms with Gasteiger partial charge in [-0.2, -0.15) is 0 Å². The van der Waals surface area contributed by atoms with Crippen LogP contribution in [-0.4, -0.2) is 23.3 Å². The summed E-state index contributed by atoms with van der Waals surface area (Å²) in [5.74, 6) is 0.0387. The number of nitrogens with zero attached hydrogens (tertiary/aromatic N) is 1. The van der Waals surface area contributed by atoms with Gasteiger partial charge in [0.05, 0.1) is 23.0 Å². The lowest BCUT2D eigenvalue weighted by atomic mass is 10.0. The van der Waals surface area contributed by atoms with Gasteiger partial charge >= 0.3 is 5.97 Å². The van der Waals surface area contributed by atoms with Crippen molar-refractivity contribution in [2.45, 2.75) is 26.7 Å². The normalized spacial score (nSPS) is 13.9. The second-order valence-electron chi connectivity index (χ2n) is 8.33. The summed E-state index contributed by atoms with van der Waals surface area (Å²) in [6, 6.07) is 17.0. The summed E-state index contributed by atoms with van der Waals surface area (Å²) >= 11 is 0. The number of hydrogen-bond donors (Lipinski definition) is 0. The van der Waals surface area contributed by atoms with Crippen molar-refractivity contribution in [1.82, 2.24) is 4.98 Å². The number of allylic oxidation sites excluding steroid dienone is 1. The highest BCUT2D eigenvalue weighted by molar-refractivity contribution is 6.08. The van der Waals surface area contributed by atoms with Crippen molar-refractivity contribution >= 4 is 34.3 Å². The average molecular weight is 437 g/mol. The first kappa shape index (κ1) is 20.9. The van der Waals surface area contributed by atoms with E-state index in [2.05, 4.69) is 0 Å². The zero-order chi connectivity index (χ0) is 22.9. The fraction of sp³-hybridized carbons (Fsp3) is 0.179. The van der Waals surface area contributed by atoms with E-state index in [1.807, 2.05) is 74.5 Å². The minimum atomic E-state index is -0.497. The number of esters is 1. The van der Waals surface area contributed by atoms with Gasteiger partial charge in [-0.15, -0.1) is 0 Å². The van der Waals surface area contributed by atoms with Gasteiger partial charge in [0.1, 0.15) is 5.76 Å². The van der Waals surface area contributed by atoms with E-state index in [0.29, 0.717) is 17.5 Å². The Balaban J connectivity index is 1.49. The molecule has 5 heteroatoms. The largest absolute Gasteiger partial charge is 0.465 e. The molecule has 0 amide bonds. The first-order chi connectivity index (χ1) is 16.0. The van der Waals surface area contributed by atoms with E-state index in [-0.39, 0.29) is 12.4 Å². The Labute approximate surface area is 191 Å². The van der Waals surface area contributed by atoms with Gasteiger partial charge in [0.15, 0.2) is 6.61 Å². The number of ether oxygens (including phenoxy) is 1. The number of Topliss-reactive ketones (excluding diaryl/α,β-unsaturated/α-hetero) is 1. The highest BCUT2D eigenvalue weighted by Gasteiger charge is 2.28. The van der Waals surface area contributed by atoms with Crippen molar-refractivity contribution in [2.24, 2.45) is 0 Å². The van der Waals surface area contributed by atoms with Gasteiger partial charge in [0.2, 0.25) is 5.78 Å². The summed E-state index contributed by atoms with van der Waals surface area (Å²) in [5.41, 5.74) is 6.31. The number of rotatable bonds is 5. The van der Waals surface area contributed by atoms with Crippen molar-refractivity contribution in [3.05, 3.63) is 100 Å². The fourth-order valence-corrected chi connectivity index (χ4v) is 4.37. The number of para-hydroxylation sites is 1. The molecule has 33 heavy (non-hydrogen) atoms. The number of ketones is 1. The number of furan rings is 1. The molecule has 1 aliphatic carbocycles. The summed E-state index contributed by atoms with van der Waals surface area (Å²) in [7, 11) is 0. The number of hydrogen-bond acceptors (Lipinski definition) is 5. The van der Waals surface area contributed by atoms with Crippen LogP contribution in [0.4, 0.5) is 0 Å². The van der Waals surface area contributed by atoms with E-state index >= 15 is 0 Å². The molecule has 0 saturated heterocycles. The summed E-state index contributed by atoms with van der Waals surface area (Å²) in [4.78, 5) is 30.9. The number of aryl methyl sites for hydroxylation is 2. The number of fused-ring (bicyclic) bond motifs is 2. The number of carbonyl (C=O) groups is 2. The third-order valence-corrected chi connectivity index (χ3v) is 6.03. The Bertz CT molecular complexity index is 1410. The van der Waals surface area contributed by atoms with Crippen LogP contribution in [0.5, 0.6) is 0 Å². The zero-order valence-corrected chi connectivity index (χ0v) is 18.6. The maximum Gasteiger partial charge on any atom is 0.339 e. The van der Waals surface area contributed by atoms with E-state index in [9.17, 15) is 9.59 Å². The Kier molecular flexibility index (Phi) is 5.38. The minimum absolute atomic E-state index is 0.210. The zero-order valence-electron chi connectivity index (χ0n) is 18.6. The summed E-state index contributed by atoms with van der Waals surface area (Å²) in [5, 5.41) is 0.736. The highest BCUT2D eigenvalue weighted by atomic mass is 16.5. The van der Waals surface area contributed by atoms with E-state index in [4.69, 9.17) is 14.1 Å². The molecule has 1 aliphatic rings. The molecular weight excluding hydrogens is 414 g/mol. The minimum Gasteiger partial charge on any atom is -0.465 e. The molecule has 2 aromatic heterocycles. The first-order valence-corrected chi connectivity index (χ1v) is 10.9. The van der Waals surface area contributed by atoms with Gasteiger partial charge in [0, 0.05) is 10.9 Å². The molecule has 0 atom stereocenters. The molecule has 2 aromatic carbocycles. The van der Waals surface area contributed by atoms with E-state index in [1.165, 1.54) is 0 Å². The third-order valence-electron chi connectivity index (χ3n) is 6.03. The second-order valence-corrected chi connectivity index (χ2v) is 8.33. The number of pyridine rings is 1. The molecule has 0 aliphatic heterocycles. The van der Waals surface area contributed by atoms with Crippen molar-refractivity contribution in [3.8, 4) is 0 Å². The van der Waals surface area contributed by atoms with Crippen LogP contribution in [0, 0.1) is 13.8 Å². The number of benzene rings is 2. The third kappa shape index (κ3) is 3.98. The molecule has 0 unspecified atom stereocenters. The quantitative estimate of drug-likeness (QED) is 0.284. The Morgan fingerprint density at radius 2 is 1.91 bits per heavy atom. The molecule has 164 valence electrons. The smallest absolute Gasteiger partial charge is 0.339 e. The van der Waals surface area contributed by atoms with Crippen molar-refractivity contribution < 1.29 is 18.7 Å². The van der Waals surface area contributed by atoms with Crippen LogP contribution >= 0.6 is 0 Å². The SMILES string of the molecule is Cc1ccc(C)c(C(=O)COC(=O)c2c3c(nc4ccccc24)C(=Cc2ccco2)CC3)c1. The molecule has 0 fully saturated rings. The first-order valence-electron chi connectivity index (χ1n) is 10.9. The standard InChI is InChI=1S/C28H23NO4/c1-17-9-10-18(2)23(14-17)25(30)16-33-28(31)26-21-7-3-4-8-24(21)29-27-19(11-12-22(26)27)15-20-6-5-13-32-20/h3-10,13-15H,11-12,16H2,1-2H3. The van der Waals surface area contributed by atoms with Crippen LogP contribution in [0.1, 0.15) is 55.3 Å². The number of aromatic nitrogens is 1. The van der Waals surface area contributed by atoms with Gasteiger partial charge in [-0.05, 0) is 73.7 Å². The highest BCUT2D eigenvalue weighted by Crippen LogP contribution is 2.37. The van der Waals surface area contributed by atoms with Crippen LogP contribution in [0.2, 0.25) is 0 Å². The predicted octanol–water partition coefficient (Wildman–Crippen LogP) is 5.97. The molecule has 2 heterocycles. The monoisotopic (exact) mass is 437 g/mol. The van der Waals surface area contributed by atoms with Crippen LogP contribution in [0.15, 0.2) is 65.3 Å².